The Hall–Kier alpha value is -2.59. The molecule has 0 fully saturated rings. The third kappa shape index (κ3) is 3.99. The molecule has 0 unspecified atom stereocenters. The van der Waals surface area contributed by atoms with Crippen LogP contribution in [-0.4, -0.2) is 27.4 Å². The highest BCUT2D eigenvalue weighted by atomic mass is 16.5. The van der Waals surface area contributed by atoms with Crippen LogP contribution in [0.25, 0.3) is 11.4 Å². The highest BCUT2D eigenvalue weighted by molar-refractivity contribution is 5.55. The molecule has 1 atom stereocenters. The van der Waals surface area contributed by atoms with Crippen LogP contribution >= 0.6 is 0 Å². The Kier molecular flexibility index (Phi) is 4.74. The molecule has 1 heterocycles. The Morgan fingerprint density at radius 3 is 2.74 bits per heavy atom. The number of hydrogen-bond donors (Lipinski definition) is 1. The first-order valence-corrected chi connectivity index (χ1v) is 7.66. The van der Waals surface area contributed by atoms with E-state index in [4.69, 9.17) is 4.74 Å². The fourth-order valence-electron chi connectivity index (χ4n) is 2.48. The first-order chi connectivity index (χ1) is 11.2. The van der Waals surface area contributed by atoms with E-state index in [0.29, 0.717) is 6.54 Å². The van der Waals surface area contributed by atoms with Crippen molar-refractivity contribution in [1.29, 1.82) is 0 Å². The number of rotatable bonds is 6. The van der Waals surface area contributed by atoms with Crippen molar-refractivity contribution >= 4 is 0 Å². The van der Waals surface area contributed by atoms with Gasteiger partial charge in [0.25, 0.3) is 0 Å². The molecule has 3 rings (SSSR count). The van der Waals surface area contributed by atoms with Crippen LogP contribution in [0.5, 0.6) is 5.75 Å². The maximum atomic E-state index is 10.2. The lowest BCUT2D eigenvalue weighted by Crippen LogP contribution is -2.23. The lowest BCUT2D eigenvalue weighted by molar-refractivity contribution is 0.0928. The molecule has 0 saturated carbocycles. The quantitative estimate of drug-likeness (QED) is 0.760. The summed E-state index contributed by atoms with van der Waals surface area (Å²) in [6, 6.07) is 17.8. The maximum absolute atomic E-state index is 10.2. The van der Waals surface area contributed by atoms with Gasteiger partial charge in [0, 0.05) is 18.0 Å². The van der Waals surface area contributed by atoms with Gasteiger partial charge in [-0.2, -0.15) is 0 Å². The summed E-state index contributed by atoms with van der Waals surface area (Å²) in [5.74, 6) is 1.62. The van der Waals surface area contributed by atoms with E-state index in [0.717, 1.165) is 22.7 Å². The Morgan fingerprint density at radius 2 is 1.96 bits per heavy atom. The number of ether oxygens (including phenoxy) is 1. The summed E-state index contributed by atoms with van der Waals surface area (Å²) in [5.41, 5.74) is 2.17. The Morgan fingerprint density at radius 1 is 1.13 bits per heavy atom. The molecule has 0 spiro atoms. The zero-order chi connectivity index (χ0) is 16.1. The van der Waals surface area contributed by atoms with E-state index in [-0.39, 0.29) is 6.61 Å². The van der Waals surface area contributed by atoms with Crippen molar-refractivity contribution in [3.8, 4) is 17.1 Å². The summed E-state index contributed by atoms with van der Waals surface area (Å²) in [5, 5.41) is 10.2. The van der Waals surface area contributed by atoms with E-state index in [2.05, 4.69) is 4.98 Å². The van der Waals surface area contributed by atoms with Crippen LogP contribution in [0.1, 0.15) is 5.56 Å². The first kappa shape index (κ1) is 15.3. The molecule has 0 saturated heterocycles. The largest absolute Gasteiger partial charge is 0.491 e. The van der Waals surface area contributed by atoms with Crippen LogP contribution < -0.4 is 4.74 Å². The van der Waals surface area contributed by atoms with Gasteiger partial charge in [0.2, 0.25) is 0 Å². The van der Waals surface area contributed by atoms with Crippen molar-refractivity contribution in [1.82, 2.24) is 9.55 Å². The molecule has 118 valence electrons. The molecule has 0 amide bonds. The molecule has 1 N–H and O–H groups in total. The Balaban J connectivity index is 1.63. The maximum Gasteiger partial charge on any atom is 0.139 e. The molecule has 23 heavy (non-hydrogen) atoms. The molecular formula is C19H20N2O2. The van der Waals surface area contributed by atoms with Gasteiger partial charge >= 0.3 is 0 Å². The molecule has 2 aromatic carbocycles. The van der Waals surface area contributed by atoms with Gasteiger partial charge in [0.05, 0.1) is 6.54 Å². The van der Waals surface area contributed by atoms with Crippen LogP contribution in [0.2, 0.25) is 0 Å². The predicted molar refractivity (Wildman–Crippen MR) is 90.3 cm³/mol. The number of aromatic nitrogens is 2. The SMILES string of the molecule is Cc1cccc(OC[C@H](O)Cn2ccnc2-c2ccccc2)c1. The van der Waals surface area contributed by atoms with Crippen molar-refractivity contribution in [2.24, 2.45) is 0 Å². The van der Waals surface area contributed by atoms with E-state index in [9.17, 15) is 5.11 Å². The average molecular weight is 308 g/mol. The van der Waals surface area contributed by atoms with Crippen molar-refractivity contribution in [3.63, 3.8) is 0 Å². The number of nitrogens with zero attached hydrogens (tertiary/aromatic N) is 2. The van der Waals surface area contributed by atoms with E-state index in [1.54, 1.807) is 6.20 Å². The fraction of sp³-hybridized carbons (Fsp3) is 0.211. The number of aliphatic hydroxyl groups is 1. The Labute approximate surface area is 136 Å². The van der Waals surface area contributed by atoms with Crippen molar-refractivity contribution in [2.75, 3.05) is 6.61 Å². The van der Waals surface area contributed by atoms with Gasteiger partial charge in [-0.25, -0.2) is 4.98 Å². The van der Waals surface area contributed by atoms with Crippen LogP contribution in [0.4, 0.5) is 0 Å². The highest BCUT2D eigenvalue weighted by Crippen LogP contribution is 2.17. The van der Waals surface area contributed by atoms with Gasteiger partial charge in [-0.3, -0.25) is 0 Å². The first-order valence-electron chi connectivity index (χ1n) is 7.66. The number of benzene rings is 2. The lowest BCUT2D eigenvalue weighted by atomic mass is 10.2. The number of aliphatic hydroxyl groups excluding tert-OH is 1. The Bertz CT molecular complexity index is 753. The second kappa shape index (κ2) is 7.11. The normalized spacial score (nSPS) is 12.1. The number of imidazole rings is 1. The molecule has 0 aliphatic carbocycles. The summed E-state index contributed by atoms with van der Waals surface area (Å²) >= 11 is 0. The van der Waals surface area contributed by atoms with E-state index in [1.165, 1.54) is 0 Å². The van der Waals surface area contributed by atoms with E-state index in [1.807, 2.05) is 72.3 Å². The zero-order valence-corrected chi connectivity index (χ0v) is 13.1. The summed E-state index contributed by atoms with van der Waals surface area (Å²) in [7, 11) is 0. The van der Waals surface area contributed by atoms with Gasteiger partial charge < -0.3 is 14.4 Å². The molecular weight excluding hydrogens is 288 g/mol. The summed E-state index contributed by atoms with van der Waals surface area (Å²) in [4.78, 5) is 4.38. The molecule has 4 nitrogen and oxygen atoms in total. The molecule has 1 aromatic heterocycles. The van der Waals surface area contributed by atoms with Gasteiger partial charge in [0.15, 0.2) is 0 Å². The minimum absolute atomic E-state index is 0.246. The van der Waals surface area contributed by atoms with Crippen molar-refractivity contribution in [3.05, 3.63) is 72.6 Å². The van der Waals surface area contributed by atoms with Gasteiger partial charge in [-0.05, 0) is 24.6 Å². The minimum Gasteiger partial charge on any atom is -0.491 e. The fourth-order valence-corrected chi connectivity index (χ4v) is 2.48. The third-order valence-electron chi connectivity index (χ3n) is 3.59. The van der Waals surface area contributed by atoms with E-state index < -0.39 is 6.10 Å². The number of aryl methyl sites for hydroxylation is 1. The predicted octanol–water partition coefficient (Wildman–Crippen LogP) is 3.30. The molecule has 0 radical (unpaired) electrons. The van der Waals surface area contributed by atoms with Gasteiger partial charge in [-0.15, -0.1) is 0 Å². The zero-order valence-electron chi connectivity index (χ0n) is 13.1. The van der Waals surface area contributed by atoms with Crippen LogP contribution in [0.15, 0.2) is 67.0 Å². The summed E-state index contributed by atoms with van der Waals surface area (Å²) in [6.07, 6.45) is 3.02. The summed E-state index contributed by atoms with van der Waals surface area (Å²) < 4.78 is 7.60. The van der Waals surface area contributed by atoms with Gasteiger partial charge in [-0.1, -0.05) is 42.5 Å². The van der Waals surface area contributed by atoms with Crippen molar-refractivity contribution in [2.45, 2.75) is 19.6 Å². The van der Waals surface area contributed by atoms with Crippen LogP contribution in [0, 0.1) is 6.92 Å². The van der Waals surface area contributed by atoms with Gasteiger partial charge in [0.1, 0.15) is 24.3 Å². The van der Waals surface area contributed by atoms with Crippen LogP contribution in [-0.2, 0) is 6.54 Å². The molecule has 0 aliphatic rings. The molecule has 0 bridgehead atoms. The molecule has 0 aliphatic heterocycles. The molecule has 3 aromatic rings. The average Bonchev–Trinajstić information content (AvgIpc) is 3.02. The second-order valence-corrected chi connectivity index (χ2v) is 5.55. The highest BCUT2D eigenvalue weighted by Gasteiger charge is 2.11. The summed E-state index contributed by atoms with van der Waals surface area (Å²) in [6.45, 7) is 2.70. The monoisotopic (exact) mass is 308 g/mol. The minimum atomic E-state index is -0.604. The van der Waals surface area contributed by atoms with Crippen LogP contribution in [0.3, 0.4) is 0 Å². The standard InChI is InChI=1S/C19H20N2O2/c1-15-6-5-9-18(12-15)23-14-17(22)13-21-11-10-20-19(21)16-7-3-2-4-8-16/h2-12,17,22H,13-14H2,1H3/t17-/m1/s1. The number of hydrogen-bond acceptors (Lipinski definition) is 3. The topological polar surface area (TPSA) is 47.3 Å². The smallest absolute Gasteiger partial charge is 0.139 e. The van der Waals surface area contributed by atoms with E-state index >= 15 is 0 Å². The third-order valence-corrected chi connectivity index (χ3v) is 3.59. The second-order valence-electron chi connectivity index (χ2n) is 5.55. The lowest BCUT2D eigenvalue weighted by Gasteiger charge is -2.15. The van der Waals surface area contributed by atoms with Crippen molar-refractivity contribution < 1.29 is 9.84 Å². The molecule has 4 heteroatoms.